The Morgan fingerprint density at radius 2 is 1.57 bits per heavy atom. The number of nitrogens with one attached hydrogen (secondary N) is 1. The number of alkyl halides is 6. The summed E-state index contributed by atoms with van der Waals surface area (Å²) in [5.41, 5.74) is -12.5. The molecule has 1 N–H and O–H groups in total. The largest absolute Gasteiger partial charge is 0.498 e. The predicted octanol–water partition coefficient (Wildman–Crippen LogP) is 2.90. The highest BCUT2D eigenvalue weighted by Gasteiger charge is 2.63. The maximum atomic E-state index is 12.7. The van der Waals surface area contributed by atoms with E-state index in [1.807, 2.05) is 12.2 Å². The smallest absolute Gasteiger partial charge is 0.446 e. The Morgan fingerprint density at radius 1 is 1.03 bits per heavy atom. The molecule has 2 rings (SSSR count). The maximum absolute atomic E-state index is 12.7. The zero-order chi connectivity index (χ0) is 23.1. The van der Waals surface area contributed by atoms with Crippen molar-refractivity contribution in [2.24, 2.45) is 17.8 Å². The molecule has 0 radical (unpaired) electrons. The van der Waals surface area contributed by atoms with Gasteiger partial charge in [-0.05, 0) is 37.5 Å². The van der Waals surface area contributed by atoms with E-state index in [0.29, 0.717) is 5.92 Å². The predicted molar refractivity (Wildman–Crippen MR) is 91.1 cm³/mol. The summed E-state index contributed by atoms with van der Waals surface area (Å²) in [7, 11) is -13.5. The number of carbonyl (C=O) groups excluding carboxylic acids is 1. The quantitative estimate of drug-likeness (QED) is 0.437. The van der Waals surface area contributed by atoms with Gasteiger partial charge in [0.25, 0.3) is 19.7 Å². The van der Waals surface area contributed by atoms with Crippen molar-refractivity contribution in [1.29, 1.82) is 0 Å². The molecule has 1 fully saturated rings. The fourth-order valence-electron chi connectivity index (χ4n) is 3.61. The van der Waals surface area contributed by atoms with Crippen LogP contribution >= 0.6 is 0 Å². The van der Waals surface area contributed by atoms with Gasteiger partial charge in [-0.3, -0.25) is 0 Å². The van der Waals surface area contributed by atoms with E-state index in [4.69, 9.17) is 0 Å². The number of halogens is 6. The Morgan fingerprint density at radius 3 is 1.97 bits per heavy atom. The highest BCUT2D eigenvalue weighted by atomic mass is 32.3. The molecule has 0 aromatic rings. The van der Waals surface area contributed by atoms with Gasteiger partial charge >= 0.3 is 17.1 Å². The van der Waals surface area contributed by atoms with Gasteiger partial charge in [0.2, 0.25) is 0 Å². The molecule has 174 valence electrons. The lowest BCUT2D eigenvalue weighted by molar-refractivity contribution is -0.0476. The highest BCUT2D eigenvalue weighted by Crippen LogP contribution is 2.43. The molecule has 0 aromatic carbocycles. The molecule has 4 unspecified atom stereocenters. The van der Waals surface area contributed by atoms with Crippen LogP contribution < -0.4 is 5.32 Å². The molecule has 1 saturated carbocycles. The second kappa shape index (κ2) is 8.20. The van der Waals surface area contributed by atoms with Crippen molar-refractivity contribution in [2.45, 2.75) is 47.9 Å². The monoisotopic (exact) mass is 487 g/mol. The van der Waals surface area contributed by atoms with Gasteiger partial charge in [-0.1, -0.05) is 12.2 Å². The number of fused-ring (bicyclic) bond motifs is 2. The zero-order valence-electron chi connectivity index (χ0n) is 15.4. The van der Waals surface area contributed by atoms with Crippen molar-refractivity contribution < 1.29 is 52.7 Å². The molecule has 7 nitrogen and oxygen atoms in total. The fraction of sp³-hybridized carbons (Fsp3) is 0.800. The number of alkyl carbamates (subject to hydrolysis) is 1. The van der Waals surface area contributed by atoms with Crippen LogP contribution in [0.1, 0.15) is 26.2 Å². The van der Waals surface area contributed by atoms with Crippen molar-refractivity contribution >= 4 is 25.8 Å². The first-order chi connectivity index (χ1) is 13.5. The lowest BCUT2D eigenvalue weighted by Gasteiger charge is -2.24. The van der Waals surface area contributed by atoms with Gasteiger partial charge < -0.3 is 10.1 Å². The van der Waals surface area contributed by atoms with Crippen LogP contribution in [0.25, 0.3) is 0 Å². The van der Waals surface area contributed by atoms with E-state index in [-0.39, 0.29) is 18.4 Å². The Bertz CT molecular complexity index is 852. The summed E-state index contributed by atoms with van der Waals surface area (Å²) in [5.74, 6) is 0.718. The van der Waals surface area contributed by atoms with E-state index in [2.05, 4.69) is 10.1 Å². The number of hydrogen-bond acceptors (Lipinski definition) is 6. The maximum Gasteiger partial charge on any atom is 0.498 e. The number of amides is 1. The molecule has 0 aromatic heterocycles. The van der Waals surface area contributed by atoms with Gasteiger partial charge in [-0.25, -0.2) is 21.6 Å². The molecular weight excluding hydrogens is 468 g/mol. The first-order valence-electron chi connectivity index (χ1n) is 8.70. The summed E-state index contributed by atoms with van der Waals surface area (Å²) < 4.78 is 123. The lowest BCUT2D eigenvalue weighted by atomic mass is 9.94. The highest BCUT2D eigenvalue weighted by molar-refractivity contribution is 8.09. The minimum atomic E-state index is -6.77. The van der Waals surface area contributed by atoms with Crippen molar-refractivity contribution in [3.63, 3.8) is 0 Å². The Kier molecular flexibility index (Phi) is 6.77. The van der Waals surface area contributed by atoms with E-state index in [0.717, 1.165) is 19.8 Å². The topological polar surface area (TPSA) is 107 Å². The molecule has 0 spiro atoms. The summed E-state index contributed by atoms with van der Waals surface area (Å²) in [5, 5.41) is 2.31. The lowest BCUT2D eigenvalue weighted by Crippen LogP contribution is -2.46. The minimum Gasteiger partial charge on any atom is -0.446 e. The number of ether oxygens (including phenoxy) is 1. The normalized spacial score (nSPS) is 25.5. The molecule has 2 bridgehead atoms. The number of hydrogen-bond donors (Lipinski definition) is 1. The molecule has 0 saturated heterocycles. The summed E-state index contributed by atoms with van der Waals surface area (Å²) in [6.07, 6.45) is 0.934. The average Bonchev–Trinajstić information content (AvgIpc) is 3.18. The van der Waals surface area contributed by atoms with Crippen LogP contribution in [0.5, 0.6) is 0 Å². The van der Waals surface area contributed by atoms with E-state index in [9.17, 15) is 48.0 Å². The molecule has 2 aliphatic carbocycles. The number of allylic oxidation sites excluding steroid dienone is 2. The van der Waals surface area contributed by atoms with Crippen molar-refractivity contribution in [3.8, 4) is 0 Å². The Labute approximate surface area is 168 Å². The summed E-state index contributed by atoms with van der Waals surface area (Å²) >= 11 is 0. The van der Waals surface area contributed by atoms with Crippen LogP contribution in [0, 0.1) is 17.8 Å². The summed E-state index contributed by atoms with van der Waals surface area (Å²) in [6.45, 7) is 0.937. The van der Waals surface area contributed by atoms with Crippen molar-refractivity contribution in [3.05, 3.63) is 12.2 Å². The van der Waals surface area contributed by atoms with Gasteiger partial charge in [-0.15, -0.1) is 0 Å². The van der Waals surface area contributed by atoms with Crippen molar-refractivity contribution in [1.82, 2.24) is 5.32 Å². The van der Waals surface area contributed by atoms with Crippen LogP contribution in [0.3, 0.4) is 0 Å². The van der Waals surface area contributed by atoms with Crippen molar-refractivity contribution in [2.75, 3.05) is 6.54 Å². The van der Waals surface area contributed by atoms with Gasteiger partial charge in [-0.2, -0.15) is 26.3 Å². The number of sulfone groups is 2. The van der Waals surface area contributed by atoms with Gasteiger partial charge in [0.05, 0.1) is 0 Å². The molecule has 30 heavy (non-hydrogen) atoms. The third-order valence-electron chi connectivity index (χ3n) is 5.09. The fourth-order valence-corrected chi connectivity index (χ4v) is 7.24. The zero-order valence-corrected chi connectivity index (χ0v) is 17.0. The first kappa shape index (κ1) is 24.8. The van der Waals surface area contributed by atoms with Gasteiger partial charge in [0.1, 0.15) is 6.10 Å². The molecule has 1 amide bonds. The number of carbonyl (C=O) groups is 1. The third kappa shape index (κ3) is 5.03. The van der Waals surface area contributed by atoms with E-state index in [1.165, 1.54) is 0 Å². The molecule has 15 heteroatoms. The van der Waals surface area contributed by atoms with Crippen LogP contribution in [0.2, 0.25) is 0 Å². The number of rotatable bonds is 7. The Balaban J connectivity index is 2.06. The van der Waals surface area contributed by atoms with E-state index in [1.54, 1.807) is 0 Å². The Hall–Kier alpha value is -1.51. The molecular formula is C15H19F6NO6S2. The summed E-state index contributed by atoms with van der Waals surface area (Å²) in [6, 6.07) is 0. The van der Waals surface area contributed by atoms with Gasteiger partial charge in [0.15, 0.2) is 4.58 Å². The molecule has 2 aliphatic rings. The van der Waals surface area contributed by atoms with Crippen LogP contribution in [-0.2, 0) is 24.4 Å². The van der Waals surface area contributed by atoms with Crippen LogP contribution in [0.4, 0.5) is 31.1 Å². The van der Waals surface area contributed by atoms with Crippen LogP contribution in [0.15, 0.2) is 12.2 Å². The average molecular weight is 487 g/mol. The molecule has 4 atom stereocenters. The first-order valence-corrected chi connectivity index (χ1v) is 11.8. The SMILES string of the molecule is CC(CC(S(=O)(=O)C(F)(F)F)S(=O)(=O)C(F)(F)F)OC(=O)NCC1CC2C=CC1C2. The third-order valence-corrected chi connectivity index (χ3v) is 9.67. The van der Waals surface area contributed by atoms with E-state index < -0.39 is 53.9 Å². The standard InChI is InChI=1S/C15H19F6NO6S2/c1-8(28-13(23)22-7-11-6-9-2-3-10(11)5-9)4-12(29(24,25)14(16,17)18)30(26,27)15(19,20)21/h2-3,8-12H,4-7H2,1H3,(H,22,23). The summed E-state index contributed by atoms with van der Waals surface area (Å²) in [4.78, 5) is 11.8. The van der Waals surface area contributed by atoms with Crippen LogP contribution in [-0.4, -0.2) is 51.2 Å². The second-order valence-electron chi connectivity index (χ2n) is 7.28. The minimum absolute atomic E-state index is 0.0896. The van der Waals surface area contributed by atoms with E-state index >= 15 is 0 Å². The van der Waals surface area contributed by atoms with Gasteiger partial charge in [0, 0.05) is 13.0 Å². The second-order valence-corrected chi connectivity index (χ2v) is 11.8. The molecule has 0 heterocycles. The molecule has 0 aliphatic heterocycles.